The first-order valence-electron chi connectivity index (χ1n) is 7.15. The van der Waals surface area contributed by atoms with Crippen LogP contribution >= 0.6 is 45.9 Å². The quantitative estimate of drug-likeness (QED) is 0.823. The third-order valence-electron chi connectivity index (χ3n) is 3.81. The maximum absolute atomic E-state index is 12.3. The van der Waals surface area contributed by atoms with Crippen molar-refractivity contribution < 1.29 is 4.79 Å². The fraction of sp³-hybridized carbons (Fsp3) is 0.400. The van der Waals surface area contributed by atoms with Crippen molar-refractivity contribution in [2.24, 2.45) is 0 Å². The Hall–Kier alpha value is -0.590. The van der Waals surface area contributed by atoms with Crippen molar-refractivity contribution in [1.82, 2.24) is 10.2 Å². The Labute approximate surface area is 147 Å². The first kappa shape index (κ1) is 16.3. The minimum absolute atomic E-state index is 0.158. The first-order valence-corrected chi connectivity index (χ1v) is 9.61. The third kappa shape index (κ3) is 3.66. The minimum atomic E-state index is -0.158. The van der Waals surface area contributed by atoms with Crippen LogP contribution < -0.4 is 5.32 Å². The minimum Gasteiger partial charge on any atom is -0.350 e. The van der Waals surface area contributed by atoms with Crippen molar-refractivity contribution in [1.29, 1.82) is 0 Å². The Bertz CT molecular complexity index is 636. The monoisotopic (exact) mass is 374 g/mol. The van der Waals surface area contributed by atoms with E-state index < -0.39 is 0 Å². The third-order valence-corrected chi connectivity index (χ3v) is 6.27. The van der Waals surface area contributed by atoms with Crippen molar-refractivity contribution in [3.63, 3.8) is 0 Å². The normalized spacial score (nSPS) is 16.8. The maximum atomic E-state index is 12.3. The van der Waals surface area contributed by atoms with E-state index in [1.165, 1.54) is 29.1 Å². The van der Waals surface area contributed by atoms with Crippen LogP contribution in [0.1, 0.15) is 34.1 Å². The highest BCUT2D eigenvalue weighted by Gasteiger charge is 2.25. The maximum Gasteiger partial charge on any atom is 0.253 e. The number of nitrogens with one attached hydrogen (secondary N) is 1. The molecule has 0 bridgehead atoms. The van der Waals surface area contributed by atoms with Gasteiger partial charge in [0, 0.05) is 11.4 Å². The molecular formula is C15H16Cl2N2OS2. The van der Waals surface area contributed by atoms with E-state index in [1.807, 2.05) is 0 Å². The van der Waals surface area contributed by atoms with E-state index in [-0.39, 0.29) is 11.9 Å². The highest BCUT2D eigenvalue weighted by atomic mass is 35.5. The van der Waals surface area contributed by atoms with Gasteiger partial charge in [-0.25, -0.2) is 0 Å². The smallest absolute Gasteiger partial charge is 0.253 e. The van der Waals surface area contributed by atoms with E-state index in [2.05, 4.69) is 27.7 Å². The summed E-state index contributed by atoms with van der Waals surface area (Å²) in [5.41, 5.74) is 0.461. The number of hydrogen-bond donors (Lipinski definition) is 1. The summed E-state index contributed by atoms with van der Waals surface area (Å²) in [7, 11) is 0. The number of halogens is 2. The van der Waals surface area contributed by atoms with Crippen LogP contribution in [0.15, 0.2) is 23.6 Å². The lowest BCUT2D eigenvalue weighted by molar-refractivity contribution is 0.0939. The average Bonchev–Trinajstić information content (AvgIpc) is 3.21. The molecule has 1 atom stereocenters. The summed E-state index contributed by atoms with van der Waals surface area (Å²) in [6.45, 7) is 2.76. The van der Waals surface area contributed by atoms with Crippen LogP contribution in [0.25, 0.3) is 0 Å². The molecule has 0 saturated carbocycles. The van der Waals surface area contributed by atoms with Gasteiger partial charge in [0.15, 0.2) is 0 Å². The molecule has 1 aliphatic heterocycles. The molecule has 1 aliphatic rings. The number of carbonyl (C=O) groups excluding carboxylic acids is 1. The van der Waals surface area contributed by atoms with Crippen LogP contribution in [0.5, 0.6) is 0 Å². The van der Waals surface area contributed by atoms with Crippen LogP contribution in [-0.2, 0) is 0 Å². The largest absolute Gasteiger partial charge is 0.350 e. The van der Waals surface area contributed by atoms with Gasteiger partial charge in [-0.15, -0.1) is 22.7 Å². The molecule has 1 N–H and O–H groups in total. The highest BCUT2D eigenvalue weighted by molar-refractivity contribution is 7.20. The van der Waals surface area contributed by atoms with Gasteiger partial charge in [0.2, 0.25) is 0 Å². The van der Waals surface area contributed by atoms with Gasteiger partial charge in [-0.1, -0.05) is 29.3 Å². The standard InChI is InChI=1S/C15H16Cl2N2OS2/c16-13-8-10(14(17)22-13)15(20)18-9-11(12-4-3-7-21-12)19-5-1-2-6-19/h3-4,7-8,11H,1-2,5-6,9H2,(H,18,20). The molecule has 118 valence electrons. The molecule has 3 nitrogen and oxygen atoms in total. The van der Waals surface area contributed by atoms with Crippen LogP contribution in [0.3, 0.4) is 0 Å². The number of nitrogens with zero attached hydrogens (tertiary/aromatic N) is 1. The number of amides is 1. The first-order chi connectivity index (χ1) is 10.6. The van der Waals surface area contributed by atoms with Crippen molar-refractivity contribution in [3.8, 4) is 0 Å². The number of thiophene rings is 2. The molecule has 7 heteroatoms. The number of likely N-dealkylation sites (tertiary alicyclic amines) is 1. The van der Waals surface area contributed by atoms with Gasteiger partial charge in [0.25, 0.3) is 5.91 Å². The summed E-state index contributed by atoms with van der Waals surface area (Å²) in [6, 6.07) is 6.05. The van der Waals surface area contributed by atoms with Crippen molar-refractivity contribution in [3.05, 3.63) is 42.7 Å². The summed E-state index contributed by atoms with van der Waals surface area (Å²) in [5, 5.41) is 5.09. The lowest BCUT2D eigenvalue weighted by atomic mass is 10.2. The Morgan fingerprint density at radius 1 is 1.36 bits per heavy atom. The van der Waals surface area contributed by atoms with E-state index >= 15 is 0 Å². The van der Waals surface area contributed by atoms with E-state index in [0.29, 0.717) is 20.8 Å². The second-order valence-corrected chi connectivity index (χ2v) is 8.49. The van der Waals surface area contributed by atoms with E-state index in [9.17, 15) is 4.79 Å². The van der Waals surface area contributed by atoms with Gasteiger partial charge in [-0.2, -0.15) is 0 Å². The van der Waals surface area contributed by atoms with Crippen LogP contribution in [0, 0.1) is 0 Å². The average molecular weight is 375 g/mol. The molecule has 1 fully saturated rings. The number of hydrogen-bond acceptors (Lipinski definition) is 4. The summed E-state index contributed by atoms with van der Waals surface area (Å²) in [5.74, 6) is -0.158. The summed E-state index contributed by atoms with van der Waals surface area (Å²) in [6.07, 6.45) is 2.45. The van der Waals surface area contributed by atoms with Gasteiger partial charge in [0.1, 0.15) is 4.34 Å². The second-order valence-electron chi connectivity index (χ2n) is 5.22. The molecule has 1 unspecified atom stereocenters. The topological polar surface area (TPSA) is 32.3 Å². The lowest BCUT2D eigenvalue weighted by Gasteiger charge is -2.26. The Morgan fingerprint density at radius 2 is 2.14 bits per heavy atom. The summed E-state index contributed by atoms with van der Waals surface area (Å²) in [4.78, 5) is 16.0. The van der Waals surface area contributed by atoms with Gasteiger partial charge >= 0.3 is 0 Å². The Kier molecular flexibility index (Phi) is 5.42. The van der Waals surface area contributed by atoms with Gasteiger partial charge in [-0.3, -0.25) is 9.69 Å². The Balaban J connectivity index is 1.68. The molecule has 0 aliphatic carbocycles. The van der Waals surface area contributed by atoms with Gasteiger partial charge in [0.05, 0.1) is 15.9 Å². The van der Waals surface area contributed by atoms with Crippen LogP contribution in [0.2, 0.25) is 8.67 Å². The molecular weight excluding hydrogens is 359 g/mol. The molecule has 22 heavy (non-hydrogen) atoms. The lowest BCUT2D eigenvalue weighted by Crippen LogP contribution is -2.36. The zero-order valence-electron chi connectivity index (χ0n) is 11.9. The molecule has 1 amide bonds. The highest BCUT2D eigenvalue weighted by Crippen LogP contribution is 2.32. The molecule has 0 radical (unpaired) electrons. The molecule has 2 aromatic heterocycles. The number of rotatable bonds is 5. The molecule has 0 spiro atoms. The van der Waals surface area contributed by atoms with Crippen LogP contribution in [0.4, 0.5) is 0 Å². The molecule has 3 rings (SSSR count). The molecule has 2 aromatic rings. The second kappa shape index (κ2) is 7.32. The van der Waals surface area contributed by atoms with Crippen molar-refractivity contribution in [2.75, 3.05) is 19.6 Å². The molecule has 3 heterocycles. The van der Waals surface area contributed by atoms with Gasteiger partial charge < -0.3 is 5.32 Å². The fourth-order valence-electron chi connectivity index (χ4n) is 2.72. The van der Waals surface area contributed by atoms with Crippen LogP contribution in [-0.4, -0.2) is 30.4 Å². The summed E-state index contributed by atoms with van der Waals surface area (Å²) < 4.78 is 0.973. The summed E-state index contributed by atoms with van der Waals surface area (Å²) >= 11 is 14.9. The SMILES string of the molecule is O=C(NCC(c1cccs1)N1CCCC1)c1cc(Cl)sc1Cl. The zero-order chi connectivity index (χ0) is 15.5. The molecule has 1 saturated heterocycles. The predicted molar refractivity (Wildman–Crippen MR) is 94.5 cm³/mol. The van der Waals surface area contributed by atoms with E-state index in [1.54, 1.807) is 17.4 Å². The molecule has 0 aromatic carbocycles. The Morgan fingerprint density at radius 3 is 2.73 bits per heavy atom. The zero-order valence-corrected chi connectivity index (χ0v) is 15.0. The predicted octanol–water partition coefficient (Wildman–Crippen LogP) is 4.68. The van der Waals surface area contributed by atoms with E-state index in [4.69, 9.17) is 23.2 Å². The van der Waals surface area contributed by atoms with Crippen molar-refractivity contribution >= 4 is 51.8 Å². The van der Waals surface area contributed by atoms with Gasteiger partial charge in [-0.05, 0) is 43.4 Å². The number of carbonyl (C=O) groups is 1. The van der Waals surface area contributed by atoms with Crippen molar-refractivity contribution in [2.45, 2.75) is 18.9 Å². The van der Waals surface area contributed by atoms with E-state index in [0.717, 1.165) is 13.1 Å². The fourth-order valence-corrected chi connectivity index (χ4v) is 5.04.